The number of carbonyl (C=O) groups is 1. The highest BCUT2D eigenvalue weighted by molar-refractivity contribution is 7.89. The summed E-state index contributed by atoms with van der Waals surface area (Å²) in [5.41, 5.74) is 2.64. The van der Waals surface area contributed by atoms with Crippen LogP contribution in [0.4, 0.5) is 5.69 Å². The zero-order chi connectivity index (χ0) is 22.1. The molecule has 0 atom stereocenters. The van der Waals surface area contributed by atoms with Crippen LogP contribution in [0.1, 0.15) is 44.7 Å². The van der Waals surface area contributed by atoms with E-state index < -0.39 is 10.0 Å². The summed E-state index contributed by atoms with van der Waals surface area (Å²) < 4.78 is 32.3. The van der Waals surface area contributed by atoms with Gasteiger partial charge in [-0.05, 0) is 61.2 Å². The Hall–Kier alpha value is -2.38. The Kier molecular flexibility index (Phi) is 8.87. The fraction of sp³-hybridized carbons (Fsp3) is 0.435. The van der Waals surface area contributed by atoms with Crippen LogP contribution >= 0.6 is 0 Å². The number of hydrogen-bond acceptors (Lipinski definition) is 4. The first-order valence-electron chi connectivity index (χ1n) is 10.4. The Labute approximate surface area is 180 Å². The molecule has 30 heavy (non-hydrogen) atoms. The van der Waals surface area contributed by atoms with Gasteiger partial charge in [-0.15, -0.1) is 0 Å². The summed E-state index contributed by atoms with van der Waals surface area (Å²) >= 11 is 0. The first-order chi connectivity index (χ1) is 14.3. The van der Waals surface area contributed by atoms with Gasteiger partial charge in [0, 0.05) is 18.8 Å². The molecule has 2 rings (SSSR count). The maximum absolute atomic E-state index is 12.6. The van der Waals surface area contributed by atoms with Crippen molar-refractivity contribution in [2.24, 2.45) is 0 Å². The lowest BCUT2D eigenvalue weighted by molar-refractivity contribution is -0.118. The topological polar surface area (TPSA) is 75.7 Å². The predicted molar refractivity (Wildman–Crippen MR) is 120 cm³/mol. The highest BCUT2D eigenvalue weighted by atomic mass is 32.2. The molecule has 0 heterocycles. The third-order valence-electron chi connectivity index (χ3n) is 4.91. The number of amides is 1. The summed E-state index contributed by atoms with van der Waals surface area (Å²) in [5.74, 6) is 0.217. The van der Waals surface area contributed by atoms with Gasteiger partial charge in [-0.2, -0.15) is 4.31 Å². The molecule has 0 saturated carbocycles. The Bertz CT molecular complexity index is 936. The van der Waals surface area contributed by atoms with Crippen molar-refractivity contribution in [3.8, 4) is 5.75 Å². The second-order valence-electron chi connectivity index (χ2n) is 7.15. The van der Waals surface area contributed by atoms with Crippen molar-refractivity contribution in [2.75, 3.05) is 25.0 Å². The van der Waals surface area contributed by atoms with Crippen molar-refractivity contribution in [1.82, 2.24) is 4.31 Å². The lowest BCUT2D eigenvalue weighted by Gasteiger charge is -2.19. The minimum absolute atomic E-state index is 0.152. The van der Waals surface area contributed by atoms with E-state index in [1.54, 1.807) is 19.1 Å². The van der Waals surface area contributed by atoms with Gasteiger partial charge < -0.3 is 10.1 Å². The second-order valence-corrected chi connectivity index (χ2v) is 9.09. The molecule has 0 spiro atoms. The lowest BCUT2D eigenvalue weighted by Crippen LogP contribution is -2.30. The number of unbranched alkanes of at least 4 members (excludes halogenated alkanes) is 1. The molecule has 0 unspecified atom stereocenters. The van der Waals surface area contributed by atoms with Gasteiger partial charge in [0.1, 0.15) is 5.75 Å². The third kappa shape index (κ3) is 6.31. The largest absolute Gasteiger partial charge is 0.483 e. The molecule has 0 radical (unpaired) electrons. The molecule has 7 heteroatoms. The van der Waals surface area contributed by atoms with Crippen molar-refractivity contribution < 1.29 is 17.9 Å². The molecule has 6 nitrogen and oxygen atoms in total. The van der Waals surface area contributed by atoms with E-state index in [1.807, 2.05) is 38.1 Å². The quantitative estimate of drug-likeness (QED) is 0.571. The van der Waals surface area contributed by atoms with Gasteiger partial charge in [0.2, 0.25) is 10.0 Å². The van der Waals surface area contributed by atoms with Crippen LogP contribution in [0, 0.1) is 6.92 Å². The molecular weight excluding hydrogens is 400 g/mol. The average molecular weight is 433 g/mol. The van der Waals surface area contributed by atoms with E-state index in [2.05, 4.69) is 12.2 Å². The van der Waals surface area contributed by atoms with Crippen LogP contribution < -0.4 is 10.1 Å². The lowest BCUT2D eigenvalue weighted by atomic mass is 10.1. The van der Waals surface area contributed by atoms with Crippen molar-refractivity contribution >= 4 is 21.6 Å². The highest BCUT2D eigenvalue weighted by Crippen LogP contribution is 2.24. The average Bonchev–Trinajstić information content (AvgIpc) is 2.73. The van der Waals surface area contributed by atoms with E-state index in [-0.39, 0.29) is 17.4 Å². The van der Waals surface area contributed by atoms with E-state index in [9.17, 15) is 13.2 Å². The molecular formula is C23H32N2O4S. The molecule has 0 aromatic heterocycles. The number of benzene rings is 2. The predicted octanol–water partition coefficient (Wildman–Crippen LogP) is 4.39. The van der Waals surface area contributed by atoms with Gasteiger partial charge >= 0.3 is 0 Å². The molecule has 164 valence electrons. The van der Waals surface area contributed by atoms with E-state index in [4.69, 9.17) is 4.74 Å². The fourth-order valence-electron chi connectivity index (χ4n) is 3.13. The van der Waals surface area contributed by atoms with Gasteiger partial charge in [-0.25, -0.2) is 8.42 Å². The molecule has 0 aliphatic rings. The molecule has 1 N–H and O–H groups in total. The van der Waals surface area contributed by atoms with Crippen LogP contribution in [0.15, 0.2) is 47.4 Å². The van der Waals surface area contributed by atoms with Gasteiger partial charge in [0.25, 0.3) is 5.91 Å². The van der Waals surface area contributed by atoms with Gasteiger partial charge in [0.15, 0.2) is 6.61 Å². The van der Waals surface area contributed by atoms with Crippen LogP contribution in [-0.4, -0.2) is 38.3 Å². The fourth-order valence-corrected chi connectivity index (χ4v) is 4.68. The Morgan fingerprint density at radius 2 is 1.70 bits per heavy atom. The number of ether oxygens (including phenoxy) is 1. The molecule has 0 bridgehead atoms. The van der Waals surface area contributed by atoms with Crippen LogP contribution in [0.2, 0.25) is 0 Å². The number of hydrogen-bond donors (Lipinski definition) is 1. The SMILES string of the molecule is CCCCc1ccc(NC(=O)COc2ccc(S(=O)(=O)N(CC)CC)cc2C)cc1. The molecule has 0 fully saturated rings. The third-order valence-corrected chi connectivity index (χ3v) is 6.95. The van der Waals surface area contributed by atoms with Crippen LogP contribution in [0.5, 0.6) is 5.75 Å². The summed E-state index contributed by atoms with van der Waals surface area (Å²) in [4.78, 5) is 12.4. The normalized spacial score (nSPS) is 11.5. The number of nitrogens with one attached hydrogen (secondary N) is 1. The number of anilines is 1. The smallest absolute Gasteiger partial charge is 0.262 e. The Balaban J connectivity index is 1.96. The van der Waals surface area contributed by atoms with Gasteiger partial charge in [0.05, 0.1) is 4.90 Å². The van der Waals surface area contributed by atoms with Crippen LogP contribution in [0.3, 0.4) is 0 Å². The minimum atomic E-state index is -3.52. The summed E-state index contributed by atoms with van der Waals surface area (Å²) in [6, 6.07) is 12.5. The van der Waals surface area contributed by atoms with Gasteiger partial charge in [-0.3, -0.25) is 4.79 Å². The summed E-state index contributed by atoms with van der Waals surface area (Å²) in [5, 5.41) is 2.81. The number of nitrogens with zero attached hydrogens (tertiary/aromatic N) is 1. The standard InChI is InChI=1S/C23H32N2O4S/c1-5-8-9-19-10-12-20(13-11-19)24-23(26)17-29-22-15-14-21(16-18(22)4)30(27,28)25(6-2)7-3/h10-16H,5-9,17H2,1-4H3,(H,24,26). The zero-order valence-electron chi connectivity index (χ0n) is 18.3. The summed E-state index contributed by atoms with van der Waals surface area (Å²) in [7, 11) is -3.52. The molecule has 2 aromatic rings. The van der Waals surface area contributed by atoms with E-state index >= 15 is 0 Å². The van der Waals surface area contributed by atoms with E-state index in [0.717, 1.165) is 24.9 Å². The molecule has 2 aromatic carbocycles. The van der Waals surface area contributed by atoms with Crippen molar-refractivity contribution in [2.45, 2.75) is 51.9 Å². The number of rotatable bonds is 11. The van der Waals surface area contributed by atoms with Crippen molar-refractivity contribution in [3.05, 3.63) is 53.6 Å². The molecule has 1 amide bonds. The maximum atomic E-state index is 12.6. The Morgan fingerprint density at radius 3 is 2.27 bits per heavy atom. The van der Waals surface area contributed by atoms with Crippen molar-refractivity contribution in [1.29, 1.82) is 0 Å². The summed E-state index contributed by atoms with van der Waals surface area (Å²) in [6.45, 7) is 8.22. The van der Waals surface area contributed by atoms with Gasteiger partial charge in [-0.1, -0.05) is 39.3 Å². The zero-order valence-corrected chi connectivity index (χ0v) is 19.1. The molecule has 0 saturated heterocycles. The van der Waals surface area contributed by atoms with E-state index in [0.29, 0.717) is 24.4 Å². The first kappa shape index (κ1) is 23.9. The van der Waals surface area contributed by atoms with Crippen LogP contribution in [0.25, 0.3) is 0 Å². The maximum Gasteiger partial charge on any atom is 0.262 e. The number of sulfonamides is 1. The van der Waals surface area contributed by atoms with Crippen molar-refractivity contribution in [3.63, 3.8) is 0 Å². The molecule has 0 aliphatic carbocycles. The summed E-state index contributed by atoms with van der Waals surface area (Å²) in [6.07, 6.45) is 3.33. The van der Waals surface area contributed by atoms with E-state index in [1.165, 1.54) is 15.9 Å². The number of aryl methyl sites for hydroxylation is 2. The highest BCUT2D eigenvalue weighted by Gasteiger charge is 2.22. The molecule has 0 aliphatic heterocycles. The Morgan fingerprint density at radius 1 is 1.03 bits per heavy atom. The second kappa shape index (κ2) is 11.1. The number of carbonyl (C=O) groups excluding carboxylic acids is 1. The monoisotopic (exact) mass is 432 g/mol. The first-order valence-corrected chi connectivity index (χ1v) is 11.9. The van der Waals surface area contributed by atoms with Crippen LogP contribution in [-0.2, 0) is 21.2 Å². The minimum Gasteiger partial charge on any atom is -0.483 e.